The van der Waals surface area contributed by atoms with Crippen LogP contribution in [0.3, 0.4) is 0 Å². The van der Waals surface area contributed by atoms with Gasteiger partial charge in [0.25, 0.3) is 0 Å². The lowest BCUT2D eigenvalue weighted by molar-refractivity contribution is -0.137. The fraction of sp³-hybridized carbons (Fsp3) is 0.409. The molecule has 1 aromatic carbocycles. The third-order valence-electron chi connectivity index (χ3n) is 6.07. The smallest absolute Gasteiger partial charge is 0.339 e. The average molecular weight is 396 g/mol. The van der Waals surface area contributed by atoms with Crippen LogP contribution in [-0.2, 0) is 16.0 Å². The van der Waals surface area contributed by atoms with E-state index in [4.69, 9.17) is 14.6 Å². The van der Waals surface area contributed by atoms with Crippen molar-refractivity contribution in [2.45, 2.75) is 52.5 Å². The van der Waals surface area contributed by atoms with E-state index in [9.17, 15) is 14.4 Å². The van der Waals surface area contributed by atoms with E-state index in [0.29, 0.717) is 29.7 Å². The van der Waals surface area contributed by atoms with Crippen molar-refractivity contribution >= 4 is 33.8 Å². The Hall–Kier alpha value is -3.09. The standard InChI is InChI=1S/C22H24N2O5/c1-11-13(3)28-18-10-19-16(9-15(11)18)12(2)14(22(27)29-19)6-7-20(25)24-8-4-5-17(24)21(23)26/h9-10,17H,4-8H2,1-3H3,(H2,23,26)/t17-/m0/s1. The summed E-state index contributed by atoms with van der Waals surface area (Å²) in [6.45, 7) is 6.29. The summed E-state index contributed by atoms with van der Waals surface area (Å²) in [5.41, 5.74) is 8.44. The lowest BCUT2D eigenvalue weighted by atomic mass is 10.00. The molecule has 1 aliphatic heterocycles. The molecule has 1 fully saturated rings. The van der Waals surface area contributed by atoms with Crippen LogP contribution in [0.15, 0.2) is 25.8 Å². The Kier molecular flexibility index (Phi) is 4.68. The molecule has 1 aliphatic rings. The first-order valence-electron chi connectivity index (χ1n) is 9.82. The molecular formula is C22H24N2O5. The van der Waals surface area contributed by atoms with Crippen LogP contribution in [0.5, 0.6) is 0 Å². The highest BCUT2D eigenvalue weighted by atomic mass is 16.4. The predicted octanol–water partition coefficient (Wildman–Crippen LogP) is 2.87. The van der Waals surface area contributed by atoms with Gasteiger partial charge in [0, 0.05) is 35.4 Å². The van der Waals surface area contributed by atoms with E-state index in [0.717, 1.165) is 34.1 Å². The first-order valence-corrected chi connectivity index (χ1v) is 9.82. The number of furan rings is 1. The minimum atomic E-state index is -0.544. The van der Waals surface area contributed by atoms with Gasteiger partial charge in [-0.05, 0) is 57.2 Å². The molecule has 1 saturated heterocycles. The molecule has 3 heterocycles. The van der Waals surface area contributed by atoms with E-state index in [1.54, 1.807) is 6.07 Å². The molecule has 0 bridgehead atoms. The first kappa shape index (κ1) is 19.2. The number of fused-ring (bicyclic) bond motifs is 2. The number of hydrogen-bond donors (Lipinski definition) is 1. The molecule has 7 heteroatoms. The van der Waals surface area contributed by atoms with Crippen molar-refractivity contribution in [1.82, 2.24) is 4.90 Å². The van der Waals surface area contributed by atoms with Crippen LogP contribution >= 0.6 is 0 Å². The first-order chi connectivity index (χ1) is 13.8. The SMILES string of the molecule is Cc1oc2cc3oc(=O)c(CCC(=O)N4CCC[C@H]4C(N)=O)c(C)c3cc2c1C. The average Bonchev–Trinajstić information content (AvgIpc) is 3.26. The van der Waals surface area contributed by atoms with Gasteiger partial charge in [0.1, 0.15) is 23.0 Å². The molecule has 7 nitrogen and oxygen atoms in total. The van der Waals surface area contributed by atoms with Crippen molar-refractivity contribution in [3.05, 3.63) is 45.0 Å². The molecular weight excluding hydrogens is 372 g/mol. The number of aryl methyl sites for hydroxylation is 3. The molecule has 2 aromatic heterocycles. The van der Waals surface area contributed by atoms with Crippen molar-refractivity contribution in [2.75, 3.05) is 6.54 Å². The van der Waals surface area contributed by atoms with Crippen LogP contribution in [0.4, 0.5) is 0 Å². The van der Waals surface area contributed by atoms with Crippen molar-refractivity contribution in [1.29, 1.82) is 0 Å². The van der Waals surface area contributed by atoms with Crippen LogP contribution in [0, 0.1) is 20.8 Å². The molecule has 0 unspecified atom stereocenters. The second-order valence-corrected chi connectivity index (χ2v) is 7.77. The van der Waals surface area contributed by atoms with Gasteiger partial charge in [0.05, 0.1) is 0 Å². The Morgan fingerprint density at radius 1 is 1.10 bits per heavy atom. The largest absolute Gasteiger partial charge is 0.461 e. The van der Waals surface area contributed by atoms with Crippen LogP contribution in [0.1, 0.15) is 41.7 Å². The van der Waals surface area contributed by atoms with Gasteiger partial charge in [-0.3, -0.25) is 9.59 Å². The highest BCUT2D eigenvalue weighted by Crippen LogP contribution is 2.31. The van der Waals surface area contributed by atoms with Crippen molar-refractivity contribution < 1.29 is 18.4 Å². The number of nitrogens with two attached hydrogens (primary N) is 1. The minimum absolute atomic E-state index is 0.132. The van der Waals surface area contributed by atoms with Gasteiger partial charge in [-0.1, -0.05) is 0 Å². The van der Waals surface area contributed by atoms with Crippen molar-refractivity contribution in [3.8, 4) is 0 Å². The molecule has 2 N–H and O–H groups in total. The van der Waals surface area contributed by atoms with Crippen LogP contribution in [-0.4, -0.2) is 29.3 Å². The maximum Gasteiger partial charge on any atom is 0.339 e. The maximum absolute atomic E-state index is 12.6. The highest BCUT2D eigenvalue weighted by Gasteiger charge is 2.32. The maximum atomic E-state index is 12.6. The predicted molar refractivity (Wildman–Crippen MR) is 109 cm³/mol. The van der Waals surface area contributed by atoms with E-state index in [1.165, 1.54) is 4.90 Å². The van der Waals surface area contributed by atoms with Crippen molar-refractivity contribution in [2.24, 2.45) is 5.73 Å². The van der Waals surface area contributed by atoms with Crippen LogP contribution in [0.2, 0.25) is 0 Å². The van der Waals surface area contributed by atoms with Crippen LogP contribution in [0.25, 0.3) is 21.9 Å². The molecule has 2 amide bonds. The Bertz CT molecular complexity index is 1200. The second-order valence-electron chi connectivity index (χ2n) is 7.77. The number of benzene rings is 1. The van der Waals surface area contributed by atoms with E-state index < -0.39 is 17.6 Å². The molecule has 152 valence electrons. The summed E-state index contributed by atoms with van der Waals surface area (Å²) in [6, 6.07) is 3.18. The molecule has 29 heavy (non-hydrogen) atoms. The molecule has 0 aliphatic carbocycles. The second kappa shape index (κ2) is 7.06. The molecule has 0 spiro atoms. The third-order valence-corrected chi connectivity index (χ3v) is 6.07. The summed E-state index contributed by atoms with van der Waals surface area (Å²) in [4.78, 5) is 38.3. The molecule has 4 rings (SSSR count). The topological polar surface area (TPSA) is 107 Å². The summed E-state index contributed by atoms with van der Waals surface area (Å²) in [7, 11) is 0. The van der Waals surface area contributed by atoms with E-state index in [2.05, 4.69) is 0 Å². The molecule has 0 radical (unpaired) electrons. The fourth-order valence-corrected chi connectivity index (χ4v) is 4.25. The zero-order chi connectivity index (χ0) is 20.9. The number of nitrogens with zero attached hydrogens (tertiary/aromatic N) is 1. The Balaban J connectivity index is 1.66. The quantitative estimate of drug-likeness (QED) is 0.683. The zero-order valence-corrected chi connectivity index (χ0v) is 16.8. The minimum Gasteiger partial charge on any atom is -0.461 e. The lowest BCUT2D eigenvalue weighted by Gasteiger charge is -2.22. The summed E-state index contributed by atoms with van der Waals surface area (Å²) < 4.78 is 11.3. The molecule has 0 saturated carbocycles. The van der Waals surface area contributed by atoms with Gasteiger partial charge in [0.15, 0.2) is 0 Å². The number of amides is 2. The molecule has 1 atom stereocenters. The fourth-order valence-electron chi connectivity index (χ4n) is 4.25. The van der Waals surface area contributed by atoms with Gasteiger partial charge < -0.3 is 19.5 Å². The van der Waals surface area contributed by atoms with Gasteiger partial charge in [-0.2, -0.15) is 0 Å². The van der Waals surface area contributed by atoms with Crippen LogP contribution < -0.4 is 11.4 Å². The normalized spacial score (nSPS) is 16.8. The molecule has 3 aromatic rings. The van der Waals surface area contributed by atoms with Gasteiger partial charge in [-0.25, -0.2) is 4.79 Å². The summed E-state index contributed by atoms with van der Waals surface area (Å²) in [5, 5.41) is 1.81. The zero-order valence-electron chi connectivity index (χ0n) is 16.8. The third kappa shape index (κ3) is 3.20. The summed E-state index contributed by atoms with van der Waals surface area (Å²) in [6.07, 6.45) is 1.74. The Labute approximate surface area is 167 Å². The summed E-state index contributed by atoms with van der Waals surface area (Å²) >= 11 is 0. The summed E-state index contributed by atoms with van der Waals surface area (Å²) in [5.74, 6) is 0.185. The highest BCUT2D eigenvalue weighted by molar-refractivity contribution is 5.96. The monoisotopic (exact) mass is 396 g/mol. The number of likely N-dealkylation sites (tertiary alicyclic amines) is 1. The van der Waals surface area contributed by atoms with E-state index in [-0.39, 0.29) is 18.7 Å². The Morgan fingerprint density at radius 2 is 1.79 bits per heavy atom. The van der Waals surface area contributed by atoms with Gasteiger partial charge in [-0.15, -0.1) is 0 Å². The lowest BCUT2D eigenvalue weighted by Crippen LogP contribution is -2.43. The number of hydrogen-bond acceptors (Lipinski definition) is 5. The number of primary amides is 1. The van der Waals surface area contributed by atoms with Gasteiger partial charge >= 0.3 is 5.63 Å². The number of carbonyl (C=O) groups excluding carboxylic acids is 2. The number of rotatable bonds is 4. The van der Waals surface area contributed by atoms with Gasteiger partial charge in [0.2, 0.25) is 11.8 Å². The van der Waals surface area contributed by atoms with Crippen molar-refractivity contribution in [3.63, 3.8) is 0 Å². The van der Waals surface area contributed by atoms with E-state index >= 15 is 0 Å². The van der Waals surface area contributed by atoms with E-state index in [1.807, 2.05) is 26.8 Å². The number of carbonyl (C=O) groups is 2. The Morgan fingerprint density at radius 3 is 2.52 bits per heavy atom.